The number of nitrogens with one attached hydrogen (secondary N) is 2. The monoisotopic (exact) mass is 553 g/mol. The van der Waals surface area contributed by atoms with Crippen molar-refractivity contribution < 1.29 is 63.4 Å². The van der Waals surface area contributed by atoms with Gasteiger partial charge in [0.15, 0.2) is 11.6 Å². The van der Waals surface area contributed by atoms with E-state index in [1.165, 1.54) is 24.3 Å². The predicted molar refractivity (Wildman–Crippen MR) is 141 cm³/mol. The Morgan fingerprint density at radius 1 is 0.769 bits per heavy atom. The smallest absolute Gasteiger partial charge is 1.00 e. The van der Waals surface area contributed by atoms with E-state index in [-0.39, 0.29) is 76.0 Å². The molecule has 0 spiro atoms. The fourth-order valence-electron chi connectivity index (χ4n) is 4.34. The van der Waals surface area contributed by atoms with Crippen molar-refractivity contribution in [2.24, 2.45) is 0 Å². The number of carbonyl (C=O) groups excluding carboxylic acids is 2. The van der Waals surface area contributed by atoms with Crippen molar-refractivity contribution >= 4 is 56.1 Å². The van der Waals surface area contributed by atoms with Gasteiger partial charge >= 0.3 is 35.5 Å². The Morgan fingerprint density at radius 2 is 1.33 bits per heavy atom. The van der Waals surface area contributed by atoms with Crippen molar-refractivity contribution in [1.82, 2.24) is 0 Å². The molecule has 0 amide bonds. The molecule has 12 heteroatoms. The third-order valence-corrected chi connectivity index (χ3v) is 6.95. The van der Waals surface area contributed by atoms with Gasteiger partial charge < -0.3 is 22.9 Å². The molecule has 0 aromatic heterocycles. The Hall–Kier alpha value is -4.00. The minimum Gasteiger partial charge on any atom is -1.00 e. The topological polar surface area (TPSA) is 176 Å². The van der Waals surface area contributed by atoms with Gasteiger partial charge in [-0.2, -0.15) is 8.42 Å². The van der Waals surface area contributed by atoms with Crippen LogP contribution in [-0.2, 0) is 10.1 Å². The van der Waals surface area contributed by atoms with Crippen LogP contribution >= 0.6 is 0 Å². The van der Waals surface area contributed by atoms with Crippen LogP contribution in [0.2, 0.25) is 0 Å². The Morgan fingerprint density at radius 3 is 1.92 bits per heavy atom. The number of para-hydroxylation sites is 1. The minimum atomic E-state index is -4.71. The summed E-state index contributed by atoms with van der Waals surface area (Å²) in [7, 11) is -4.71. The van der Waals surface area contributed by atoms with Crippen LogP contribution < -0.4 is 45.9 Å². The second-order valence-electron chi connectivity index (χ2n) is 8.45. The van der Waals surface area contributed by atoms with Crippen LogP contribution in [0, 0.1) is 0 Å². The predicted octanol–water partition coefficient (Wildman–Crippen LogP) is 1.59. The number of nitrogen functional groups attached to an aromatic ring is 1. The van der Waals surface area contributed by atoms with Crippen LogP contribution in [0.1, 0.15) is 43.6 Å². The number of rotatable bonds is 6. The van der Waals surface area contributed by atoms with Crippen LogP contribution in [0.25, 0.3) is 0 Å². The molecule has 10 nitrogen and oxygen atoms in total. The summed E-state index contributed by atoms with van der Waals surface area (Å²) in [6.45, 7) is 0. The average Bonchev–Trinajstić information content (AvgIpc) is 2.88. The van der Waals surface area contributed by atoms with Gasteiger partial charge in [0.2, 0.25) is 0 Å². The van der Waals surface area contributed by atoms with Gasteiger partial charge in [-0.1, -0.05) is 42.5 Å². The molecule has 39 heavy (non-hydrogen) atoms. The Labute approximate surface area is 246 Å². The van der Waals surface area contributed by atoms with Gasteiger partial charge in [0.25, 0.3) is 10.1 Å². The van der Waals surface area contributed by atoms with E-state index in [2.05, 4.69) is 10.6 Å². The first kappa shape index (κ1) is 28.0. The fourth-order valence-corrected chi connectivity index (χ4v) is 5.02. The van der Waals surface area contributed by atoms with Crippen molar-refractivity contribution in [3.63, 3.8) is 0 Å². The van der Waals surface area contributed by atoms with E-state index in [4.69, 9.17) is 5.73 Å². The van der Waals surface area contributed by atoms with Crippen LogP contribution in [0.15, 0.2) is 83.8 Å². The van der Waals surface area contributed by atoms with Gasteiger partial charge in [0.1, 0.15) is 4.90 Å². The van der Waals surface area contributed by atoms with Gasteiger partial charge in [-0.3, -0.25) is 14.1 Å². The molecule has 4 aromatic rings. The zero-order valence-corrected chi connectivity index (χ0v) is 23.2. The van der Waals surface area contributed by atoms with Gasteiger partial charge in [-0.25, -0.2) is 4.79 Å². The molecule has 0 saturated heterocycles. The van der Waals surface area contributed by atoms with E-state index in [1.807, 2.05) is 0 Å². The number of nitrogens with two attached hydrogens (primary N) is 1. The molecule has 192 valence electrons. The molecule has 0 saturated carbocycles. The fraction of sp³-hybridized carbons (Fsp3) is 0. The molecular formula is C27H20N3NaO7S. The third kappa shape index (κ3) is 5.18. The number of carboxylic acids is 1. The number of hydrogen-bond acceptors (Lipinski definition) is 8. The quantitative estimate of drug-likeness (QED) is 0.118. The zero-order valence-electron chi connectivity index (χ0n) is 21.4. The van der Waals surface area contributed by atoms with Crippen LogP contribution in [0.4, 0.5) is 28.4 Å². The van der Waals surface area contributed by atoms with Crippen molar-refractivity contribution in [2.75, 3.05) is 16.4 Å². The van der Waals surface area contributed by atoms with Crippen LogP contribution in [0.5, 0.6) is 0 Å². The van der Waals surface area contributed by atoms with Crippen molar-refractivity contribution in [3.05, 3.63) is 107 Å². The second kappa shape index (κ2) is 10.6. The first-order valence-corrected chi connectivity index (χ1v) is 12.6. The SMILES string of the molecule is Nc1c(C(=O)O)cc(Nc2ccc(Nc3ccccc3)c(S(=O)(=O)O)c2)c2c1C(=O)c1ccccc1C2=O.[H-].[Na+]. The van der Waals surface area contributed by atoms with E-state index in [0.717, 1.165) is 12.1 Å². The molecule has 0 bridgehead atoms. The van der Waals surface area contributed by atoms with E-state index in [9.17, 15) is 32.5 Å². The molecule has 4 aromatic carbocycles. The van der Waals surface area contributed by atoms with E-state index < -0.39 is 38.1 Å². The van der Waals surface area contributed by atoms with E-state index in [1.54, 1.807) is 42.5 Å². The van der Waals surface area contributed by atoms with Crippen molar-refractivity contribution in [1.29, 1.82) is 0 Å². The summed E-state index contributed by atoms with van der Waals surface area (Å²) in [5.74, 6) is -2.59. The normalized spacial score (nSPS) is 12.1. The molecule has 0 heterocycles. The molecule has 1 aliphatic rings. The molecule has 0 radical (unpaired) electrons. The number of ketones is 2. The number of fused-ring (bicyclic) bond motifs is 2. The molecule has 6 N–H and O–H groups in total. The maximum atomic E-state index is 13.4. The standard InChI is InChI=1S/C27H19N3O7S.Na.H/c28-24-18(27(33)34)13-20(22-23(24)26(32)17-9-5-4-8-16(17)25(22)31)30-15-10-11-19(21(12-15)38(35,36)37)29-14-6-2-1-3-7-14;;/h1-13,29-30H,28H2,(H,33,34)(H,35,36,37);;/q;+1;-1. The molecule has 5 rings (SSSR count). The number of benzene rings is 4. The Kier molecular flexibility index (Phi) is 7.64. The van der Waals surface area contributed by atoms with Crippen LogP contribution in [-0.4, -0.2) is 35.6 Å². The van der Waals surface area contributed by atoms with Gasteiger partial charge in [-0.15, -0.1) is 0 Å². The summed E-state index contributed by atoms with van der Waals surface area (Å²) in [6.07, 6.45) is 0. The van der Waals surface area contributed by atoms with Gasteiger partial charge in [0.05, 0.1) is 33.8 Å². The molecule has 1 aliphatic carbocycles. The summed E-state index contributed by atoms with van der Waals surface area (Å²) >= 11 is 0. The molecule has 0 aliphatic heterocycles. The number of anilines is 5. The van der Waals surface area contributed by atoms with Gasteiger partial charge in [-0.05, 0) is 36.4 Å². The van der Waals surface area contributed by atoms with Crippen molar-refractivity contribution in [3.8, 4) is 0 Å². The van der Waals surface area contributed by atoms with Crippen LogP contribution in [0.3, 0.4) is 0 Å². The van der Waals surface area contributed by atoms with E-state index >= 15 is 0 Å². The molecule has 0 fully saturated rings. The third-order valence-electron chi connectivity index (χ3n) is 6.06. The Bertz CT molecular complexity index is 1780. The zero-order chi connectivity index (χ0) is 27.2. The minimum absolute atomic E-state index is 0. The Balaban J connectivity index is 0.00000220. The maximum Gasteiger partial charge on any atom is 1.00 e. The summed E-state index contributed by atoms with van der Waals surface area (Å²) < 4.78 is 34.3. The number of carbonyl (C=O) groups is 3. The first-order valence-electron chi connectivity index (χ1n) is 11.1. The van der Waals surface area contributed by atoms with E-state index in [0.29, 0.717) is 5.69 Å². The number of hydrogen-bond donors (Lipinski definition) is 5. The number of carboxylic acid groups (broad SMARTS) is 1. The van der Waals surface area contributed by atoms with Gasteiger partial charge in [0, 0.05) is 22.5 Å². The maximum absolute atomic E-state index is 13.4. The summed E-state index contributed by atoms with van der Waals surface area (Å²) in [5, 5.41) is 15.5. The second-order valence-corrected chi connectivity index (χ2v) is 9.84. The first-order chi connectivity index (χ1) is 18.1. The summed E-state index contributed by atoms with van der Waals surface area (Å²) in [4.78, 5) is 38.2. The average molecular weight is 554 g/mol. The molecular weight excluding hydrogens is 533 g/mol. The summed E-state index contributed by atoms with van der Waals surface area (Å²) in [6, 6.07) is 19.9. The summed E-state index contributed by atoms with van der Waals surface area (Å²) in [5.41, 5.74) is 5.78. The van der Waals surface area contributed by atoms with Crippen molar-refractivity contribution in [2.45, 2.75) is 4.90 Å². The molecule has 0 atom stereocenters. The number of aromatic carboxylic acids is 1. The molecule has 0 unspecified atom stereocenters. The largest absolute Gasteiger partial charge is 1.00 e.